The summed E-state index contributed by atoms with van der Waals surface area (Å²) in [5.74, 6) is -0.0102. The van der Waals surface area contributed by atoms with E-state index in [2.05, 4.69) is 15.3 Å². The number of likely N-dealkylation sites (N-methyl/N-ethyl adjacent to an activating group) is 1. The van der Waals surface area contributed by atoms with Crippen molar-refractivity contribution in [2.24, 2.45) is 0 Å². The predicted molar refractivity (Wildman–Crippen MR) is 66.4 cm³/mol. The average Bonchev–Trinajstić information content (AvgIpc) is 2.66. The summed E-state index contributed by atoms with van der Waals surface area (Å²) in [7, 11) is 1.74. The lowest BCUT2D eigenvalue weighted by atomic mass is 9.93. The third kappa shape index (κ3) is 2.01. The van der Waals surface area contributed by atoms with E-state index in [0.717, 1.165) is 0 Å². The van der Waals surface area contributed by atoms with Gasteiger partial charge in [-0.3, -0.25) is 4.79 Å². The van der Waals surface area contributed by atoms with Crippen molar-refractivity contribution < 1.29 is 4.79 Å². The highest BCUT2D eigenvalue weighted by Gasteiger charge is 2.26. The first-order valence-corrected chi connectivity index (χ1v) is 5.40. The molecule has 0 unspecified atom stereocenters. The van der Waals surface area contributed by atoms with Gasteiger partial charge in [-0.25, -0.2) is 4.79 Å². The number of aromatic amines is 2. The van der Waals surface area contributed by atoms with E-state index in [-0.39, 0.29) is 11.5 Å². The van der Waals surface area contributed by atoms with E-state index in [1.54, 1.807) is 25.2 Å². The standard InChI is InChI=1S/C12H15N3O2/c1-12(2,13-3)10(16)7-4-5-8-9(6-7)15-11(17)14-8/h4-6,13H,1-3H3,(H2,14,15,17). The Bertz CT molecular complexity index is 622. The second kappa shape index (κ2) is 3.85. The van der Waals surface area contributed by atoms with E-state index in [9.17, 15) is 9.59 Å². The van der Waals surface area contributed by atoms with E-state index in [4.69, 9.17) is 0 Å². The van der Waals surface area contributed by atoms with Gasteiger partial charge in [-0.05, 0) is 39.1 Å². The van der Waals surface area contributed by atoms with Crippen molar-refractivity contribution in [1.82, 2.24) is 15.3 Å². The van der Waals surface area contributed by atoms with Crippen LogP contribution in [-0.2, 0) is 0 Å². The van der Waals surface area contributed by atoms with Gasteiger partial charge in [0.15, 0.2) is 5.78 Å². The molecule has 0 spiro atoms. The number of Topliss-reactive ketones (excluding diaryl/α,β-unsaturated/α-hetero) is 1. The molecule has 0 saturated carbocycles. The number of aromatic nitrogens is 2. The summed E-state index contributed by atoms with van der Waals surface area (Å²) >= 11 is 0. The molecule has 0 aliphatic heterocycles. The maximum Gasteiger partial charge on any atom is 0.323 e. The number of carbonyl (C=O) groups excluding carboxylic acids is 1. The van der Waals surface area contributed by atoms with Crippen LogP contribution in [-0.4, -0.2) is 28.3 Å². The van der Waals surface area contributed by atoms with Gasteiger partial charge in [-0.2, -0.15) is 0 Å². The third-order valence-corrected chi connectivity index (χ3v) is 2.97. The van der Waals surface area contributed by atoms with Gasteiger partial charge in [0.2, 0.25) is 0 Å². The number of benzene rings is 1. The van der Waals surface area contributed by atoms with E-state index in [1.807, 2.05) is 13.8 Å². The number of fused-ring (bicyclic) bond motifs is 1. The monoisotopic (exact) mass is 233 g/mol. The molecule has 0 saturated heterocycles. The molecule has 17 heavy (non-hydrogen) atoms. The first kappa shape index (κ1) is 11.6. The summed E-state index contributed by atoms with van der Waals surface area (Å²) in [6, 6.07) is 5.13. The molecule has 1 heterocycles. The Morgan fingerprint density at radius 1 is 1.24 bits per heavy atom. The summed E-state index contributed by atoms with van der Waals surface area (Å²) in [5.41, 5.74) is 1.04. The number of hydrogen-bond acceptors (Lipinski definition) is 3. The first-order valence-electron chi connectivity index (χ1n) is 5.40. The fourth-order valence-corrected chi connectivity index (χ4v) is 1.65. The number of rotatable bonds is 3. The van der Waals surface area contributed by atoms with Crippen LogP contribution in [0.4, 0.5) is 0 Å². The van der Waals surface area contributed by atoms with Crippen LogP contribution in [0, 0.1) is 0 Å². The van der Waals surface area contributed by atoms with Gasteiger partial charge in [-0.15, -0.1) is 0 Å². The number of nitrogens with one attached hydrogen (secondary N) is 3. The zero-order chi connectivity index (χ0) is 12.6. The Hall–Kier alpha value is -1.88. The Balaban J connectivity index is 2.49. The SMILES string of the molecule is CNC(C)(C)C(=O)c1ccc2[nH]c(=O)[nH]c2c1. The highest BCUT2D eigenvalue weighted by molar-refractivity contribution is 6.04. The lowest BCUT2D eigenvalue weighted by molar-refractivity contribution is 0.0889. The highest BCUT2D eigenvalue weighted by atomic mass is 16.1. The average molecular weight is 233 g/mol. The van der Waals surface area contributed by atoms with E-state index >= 15 is 0 Å². The number of carbonyl (C=O) groups is 1. The second-order valence-corrected chi connectivity index (χ2v) is 4.54. The van der Waals surface area contributed by atoms with Crippen LogP contribution in [0.25, 0.3) is 11.0 Å². The Morgan fingerprint density at radius 3 is 2.53 bits per heavy atom. The van der Waals surface area contributed by atoms with E-state index < -0.39 is 5.54 Å². The van der Waals surface area contributed by atoms with Crippen LogP contribution >= 0.6 is 0 Å². The maximum atomic E-state index is 12.2. The molecule has 1 aromatic heterocycles. The number of hydrogen-bond donors (Lipinski definition) is 3. The molecule has 0 amide bonds. The quantitative estimate of drug-likeness (QED) is 0.693. The molecule has 0 fully saturated rings. The van der Waals surface area contributed by atoms with Crippen LogP contribution in [0.3, 0.4) is 0 Å². The van der Waals surface area contributed by atoms with Crippen molar-refractivity contribution in [3.63, 3.8) is 0 Å². The Morgan fingerprint density at radius 2 is 1.88 bits per heavy atom. The normalized spacial score (nSPS) is 11.9. The van der Waals surface area contributed by atoms with Crippen molar-refractivity contribution in [2.75, 3.05) is 7.05 Å². The predicted octanol–water partition coefficient (Wildman–Crippen LogP) is 1.04. The lowest BCUT2D eigenvalue weighted by Crippen LogP contribution is -2.44. The molecule has 1 aromatic carbocycles. The van der Waals surface area contributed by atoms with Crippen molar-refractivity contribution in [3.8, 4) is 0 Å². The molecule has 2 rings (SSSR count). The lowest BCUT2D eigenvalue weighted by Gasteiger charge is -2.22. The zero-order valence-electron chi connectivity index (χ0n) is 10.0. The summed E-state index contributed by atoms with van der Waals surface area (Å²) < 4.78 is 0. The van der Waals surface area contributed by atoms with Gasteiger partial charge in [0, 0.05) is 5.56 Å². The third-order valence-electron chi connectivity index (χ3n) is 2.97. The van der Waals surface area contributed by atoms with Gasteiger partial charge in [-0.1, -0.05) is 0 Å². The minimum Gasteiger partial charge on any atom is -0.308 e. The fourth-order valence-electron chi connectivity index (χ4n) is 1.65. The number of H-pyrrole nitrogens is 2. The van der Waals surface area contributed by atoms with Crippen molar-refractivity contribution in [2.45, 2.75) is 19.4 Å². The minimum absolute atomic E-state index is 0.0102. The molecule has 2 aromatic rings. The maximum absolute atomic E-state index is 12.2. The molecule has 0 aliphatic rings. The zero-order valence-corrected chi connectivity index (χ0v) is 10.0. The van der Waals surface area contributed by atoms with Crippen LogP contribution in [0.15, 0.2) is 23.0 Å². The Labute approximate surface area is 98.2 Å². The number of ketones is 1. The largest absolute Gasteiger partial charge is 0.323 e. The van der Waals surface area contributed by atoms with Gasteiger partial charge in [0.25, 0.3) is 0 Å². The van der Waals surface area contributed by atoms with E-state index in [1.165, 1.54) is 0 Å². The van der Waals surface area contributed by atoms with Crippen LogP contribution < -0.4 is 11.0 Å². The molecule has 0 bridgehead atoms. The topological polar surface area (TPSA) is 77.8 Å². The molecule has 3 N–H and O–H groups in total. The molecule has 5 heteroatoms. The fraction of sp³-hybridized carbons (Fsp3) is 0.333. The van der Waals surface area contributed by atoms with Crippen LogP contribution in [0.5, 0.6) is 0 Å². The van der Waals surface area contributed by atoms with Crippen LogP contribution in [0.1, 0.15) is 24.2 Å². The van der Waals surface area contributed by atoms with Crippen molar-refractivity contribution in [3.05, 3.63) is 34.2 Å². The smallest absolute Gasteiger partial charge is 0.308 e. The minimum atomic E-state index is -0.621. The molecular weight excluding hydrogens is 218 g/mol. The first-order chi connectivity index (χ1) is 7.94. The van der Waals surface area contributed by atoms with Gasteiger partial charge in [0.1, 0.15) is 0 Å². The summed E-state index contributed by atoms with van der Waals surface area (Å²) in [4.78, 5) is 28.6. The van der Waals surface area contributed by atoms with Gasteiger partial charge < -0.3 is 15.3 Å². The molecule has 0 radical (unpaired) electrons. The highest BCUT2D eigenvalue weighted by Crippen LogP contribution is 2.16. The van der Waals surface area contributed by atoms with Crippen molar-refractivity contribution in [1.29, 1.82) is 0 Å². The molecule has 90 valence electrons. The molecular formula is C12H15N3O2. The van der Waals surface area contributed by atoms with Gasteiger partial charge >= 0.3 is 5.69 Å². The Kier molecular flexibility index (Phi) is 2.63. The van der Waals surface area contributed by atoms with Crippen LogP contribution in [0.2, 0.25) is 0 Å². The van der Waals surface area contributed by atoms with Crippen molar-refractivity contribution >= 4 is 16.8 Å². The summed E-state index contributed by atoms with van der Waals surface area (Å²) in [6.45, 7) is 3.64. The van der Waals surface area contributed by atoms with Gasteiger partial charge in [0.05, 0.1) is 16.6 Å². The molecule has 0 atom stereocenters. The molecule has 5 nitrogen and oxygen atoms in total. The molecule has 0 aliphatic carbocycles. The second-order valence-electron chi connectivity index (χ2n) is 4.54. The van der Waals surface area contributed by atoms with E-state index in [0.29, 0.717) is 16.6 Å². The number of imidazole rings is 1. The summed E-state index contributed by atoms with van der Waals surface area (Å²) in [6.07, 6.45) is 0. The summed E-state index contributed by atoms with van der Waals surface area (Å²) in [5, 5.41) is 2.96.